The van der Waals surface area contributed by atoms with Crippen LogP contribution in [0.4, 0.5) is 13.2 Å². The first-order valence-corrected chi connectivity index (χ1v) is 14.2. The number of amides is 1. The molecule has 1 aliphatic carbocycles. The zero-order chi connectivity index (χ0) is 28.2. The van der Waals surface area contributed by atoms with Crippen molar-refractivity contribution < 1.29 is 22.7 Å². The van der Waals surface area contributed by atoms with Crippen LogP contribution in [0.3, 0.4) is 0 Å². The maximum atomic E-state index is 12.9. The summed E-state index contributed by atoms with van der Waals surface area (Å²) in [6.07, 6.45) is 0.806. The summed E-state index contributed by atoms with van der Waals surface area (Å²) in [6.45, 7) is 12.7. The molecule has 2 aromatic rings. The Morgan fingerprint density at radius 3 is 2.31 bits per heavy atom. The molecular formula is C31H42F3N3O2. The molecule has 214 valence electrons. The highest BCUT2D eigenvalue weighted by Crippen LogP contribution is 2.32. The van der Waals surface area contributed by atoms with Gasteiger partial charge in [-0.2, -0.15) is 13.2 Å². The lowest BCUT2D eigenvalue weighted by atomic mass is 9.86. The third-order valence-electron chi connectivity index (χ3n) is 8.72. The average Bonchev–Trinajstić information content (AvgIpc) is 2.93. The van der Waals surface area contributed by atoms with Crippen LogP contribution in [0.5, 0.6) is 5.75 Å². The van der Waals surface area contributed by atoms with Gasteiger partial charge < -0.3 is 15.0 Å². The molecule has 0 spiro atoms. The van der Waals surface area contributed by atoms with Crippen molar-refractivity contribution in [3.8, 4) is 5.75 Å². The molecule has 0 bridgehead atoms. The van der Waals surface area contributed by atoms with Crippen molar-refractivity contribution in [3.05, 3.63) is 64.2 Å². The highest BCUT2D eigenvalue weighted by Gasteiger charge is 2.31. The van der Waals surface area contributed by atoms with Crippen LogP contribution in [-0.4, -0.2) is 61.1 Å². The Kier molecular flexibility index (Phi) is 9.60. The summed E-state index contributed by atoms with van der Waals surface area (Å²) in [7, 11) is 0. The SMILES string of the molecule is Cc1c(OCCNC2CCCCC2C)ccc(C(C)N2CCN(C(=O)c3ccc(C(F)(F)F)cc3)CC2)c1C. The van der Waals surface area contributed by atoms with Crippen LogP contribution in [0.1, 0.15) is 78.2 Å². The van der Waals surface area contributed by atoms with Crippen LogP contribution in [0.2, 0.25) is 0 Å². The Hall–Kier alpha value is -2.58. The predicted molar refractivity (Wildman–Crippen MR) is 148 cm³/mol. The minimum absolute atomic E-state index is 0.176. The van der Waals surface area contributed by atoms with E-state index >= 15 is 0 Å². The first kappa shape index (κ1) is 29.4. The summed E-state index contributed by atoms with van der Waals surface area (Å²) in [5.74, 6) is 1.43. The molecule has 0 aromatic heterocycles. The van der Waals surface area contributed by atoms with Gasteiger partial charge in [0.1, 0.15) is 12.4 Å². The first-order chi connectivity index (χ1) is 18.6. The van der Waals surface area contributed by atoms with Crippen molar-refractivity contribution in [2.24, 2.45) is 5.92 Å². The van der Waals surface area contributed by atoms with Gasteiger partial charge in [0, 0.05) is 50.4 Å². The van der Waals surface area contributed by atoms with Crippen molar-refractivity contribution in [1.29, 1.82) is 0 Å². The zero-order valence-electron chi connectivity index (χ0n) is 23.6. The number of nitrogens with one attached hydrogen (secondary N) is 1. The summed E-state index contributed by atoms with van der Waals surface area (Å²) in [4.78, 5) is 16.9. The molecule has 2 fully saturated rings. The lowest BCUT2D eigenvalue weighted by Crippen LogP contribution is -2.49. The van der Waals surface area contributed by atoms with E-state index in [0.29, 0.717) is 38.8 Å². The molecule has 1 amide bonds. The number of carbonyl (C=O) groups is 1. The van der Waals surface area contributed by atoms with Gasteiger partial charge in [-0.05, 0) is 86.6 Å². The van der Waals surface area contributed by atoms with Gasteiger partial charge in [0.15, 0.2) is 0 Å². The number of hydrogen-bond acceptors (Lipinski definition) is 4. The number of ether oxygens (including phenoxy) is 1. The van der Waals surface area contributed by atoms with Gasteiger partial charge in [0.05, 0.1) is 5.56 Å². The van der Waals surface area contributed by atoms with E-state index in [4.69, 9.17) is 4.74 Å². The summed E-state index contributed by atoms with van der Waals surface area (Å²) >= 11 is 0. The van der Waals surface area contributed by atoms with Gasteiger partial charge in [-0.1, -0.05) is 25.8 Å². The Morgan fingerprint density at radius 2 is 1.67 bits per heavy atom. The molecule has 3 atom stereocenters. The van der Waals surface area contributed by atoms with Gasteiger partial charge >= 0.3 is 6.18 Å². The molecule has 8 heteroatoms. The Labute approximate surface area is 230 Å². The number of benzene rings is 2. The minimum atomic E-state index is -4.41. The minimum Gasteiger partial charge on any atom is -0.492 e. The molecule has 39 heavy (non-hydrogen) atoms. The second-order valence-corrected chi connectivity index (χ2v) is 11.2. The number of carbonyl (C=O) groups excluding carboxylic acids is 1. The van der Waals surface area contributed by atoms with Crippen molar-refractivity contribution in [2.75, 3.05) is 39.3 Å². The fourth-order valence-corrected chi connectivity index (χ4v) is 5.94. The zero-order valence-corrected chi connectivity index (χ0v) is 23.6. The Balaban J connectivity index is 1.28. The van der Waals surface area contributed by atoms with E-state index in [1.807, 2.05) is 0 Å². The highest BCUT2D eigenvalue weighted by molar-refractivity contribution is 5.94. The van der Waals surface area contributed by atoms with E-state index in [1.54, 1.807) is 4.90 Å². The number of halogens is 3. The molecule has 1 aliphatic heterocycles. The fraction of sp³-hybridized carbons (Fsp3) is 0.581. The maximum Gasteiger partial charge on any atom is 0.416 e. The molecule has 4 rings (SSSR count). The van der Waals surface area contributed by atoms with E-state index in [2.05, 4.69) is 50.0 Å². The molecular weight excluding hydrogens is 503 g/mol. The first-order valence-electron chi connectivity index (χ1n) is 14.2. The van der Waals surface area contributed by atoms with Crippen molar-refractivity contribution in [1.82, 2.24) is 15.1 Å². The normalized spacial score (nSPS) is 21.6. The Bertz CT molecular complexity index is 1110. The molecule has 1 N–H and O–H groups in total. The van der Waals surface area contributed by atoms with Gasteiger partial charge in [-0.15, -0.1) is 0 Å². The summed E-state index contributed by atoms with van der Waals surface area (Å²) < 4.78 is 44.7. The van der Waals surface area contributed by atoms with Gasteiger partial charge in [0.2, 0.25) is 0 Å². The van der Waals surface area contributed by atoms with Crippen molar-refractivity contribution in [2.45, 2.75) is 71.6 Å². The van der Waals surface area contributed by atoms with Gasteiger partial charge in [0.25, 0.3) is 5.91 Å². The molecule has 1 saturated carbocycles. The summed E-state index contributed by atoms with van der Waals surface area (Å²) in [5, 5.41) is 3.67. The summed E-state index contributed by atoms with van der Waals surface area (Å²) in [5.41, 5.74) is 3.16. The maximum absolute atomic E-state index is 12.9. The molecule has 1 saturated heterocycles. The van der Waals surface area contributed by atoms with E-state index in [1.165, 1.54) is 48.9 Å². The lowest BCUT2D eigenvalue weighted by molar-refractivity contribution is -0.137. The quantitative estimate of drug-likeness (QED) is 0.391. The van der Waals surface area contributed by atoms with Gasteiger partial charge in [-0.3, -0.25) is 9.69 Å². The van der Waals surface area contributed by atoms with E-state index in [0.717, 1.165) is 35.9 Å². The highest BCUT2D eigenvalue weighted by atomic mass is 19.4. The second kappa shape index (κ2) is 12.7. The average molecular weight is 546 g/mol. The van der Waals surface area contributed by atoms with Crippen LogP contribution in [0, 0.1) is 19.8 Å². The molecule has 2 aromatic carbocycles. The van der Waals surface area contributed by atoms with Crippen LogP contribution >= 0.6 is 0 Å². The summed E-state index contributed by atoms with van der Waals surface area (Å²) in [6, 6.07) is 9.47. The number of rotatable bonds is 8. The topological polar surface area (TPSA) is 44.8 Å². The fourth-order valence-electron chi connectivity index (χ4n) is 5.94. The van der Waals surface area contributed by atoms with Crippen molar-refractivity contribution >= 4 is 5.91 Å². The predicted octanol–water partition coefficient (Wildman–Crippen LogP) is 6.39. The molecule has 5 nitrogen and oxygen atoms in total. The van der Waals surface area contributed by atoms with Gasteiger partial charge in [-0.25, -0.2) is 0 Å². The van der Waals surface area contributed by atoms with Crippen LogP contribution in [0.15, 0.2) is 36.4 Å². The number of hydrogen-bond donors (Lipinski definition) is 1. The Morgan fingerprint density at radius 1 is 1.00 bits per heavy atom. The molecule has 1 heterocycles. The molecule has 0 radical (unpaired) electrons. The van der Waals surface area contributed by atoms with Crippen molar-refractivity contribution in [3.63, 3.8) is 0 Å². The largest absolute Gasteiger partial charge is 0.492 e. The monoisotopic (exact) mass is 545 g/mol. The lowest BCUT2D eigenvalue weighted by Gasteiger charge is -2.39. The second-order valence-electron chi connectivity index (χ2n) is 11.2. The number of piperazine rings is 1. The van der Waals surface area contributed by atoms with Crippen LogP contribution in [-0.2, 0) is 6.18 Å². The smallest absolute Gasteiger partial charge is 0.416 e. The number of nitrogens with zero attached hydrogens (tertiary/aromatic N) is 2. The van der Waals surface area contributed by atoms with E-state index in [9.17, 15) is 18.0 Å². The van der Waals surface area contributed by atoms with E-state index < -0.39 is 11.7 Å². The third kappa shape index (κ3) is 7.14. The van der Waals surface area contributed by atoms with Crippen LogP contribution in [0.25, 0.3) is 0 Å². The van der Waals surface area contributed by atoms with Crippen LogP contribution < -0.4 is 10.1 Å². The third-order valence-corrected chi connectivity index (χ3v) is 8.72. The number of alkyl halides is 3. The van der Waals surface area contributed by atoms with E-state index in [-0.39, 0.29) is 17.5 Å². The molecule has 2 aliphatic rings. The standard InChI is InChI=1S/C31H42F3N3O2/c1-21-7-5-6-8-28(21)35-15-20-39-29-14-13-27(22(2)23(29)3)24(4)36-16-18-37(19-17-36)30(38)25-9-11-26(12-10-25)31(32,33)34/h9-14,21,24,28,35H,5-8,15-20H2,1-4H3. The molecule has 3 unspecified atom stereocenters.